The summed E-state index contributed by atoms with van der Waals surface area (Å²) in [6.45, 7) is 3.17. The molecule has 27 heavy (non-hydrogen) atoms. The van der Waals surface area contributed by atoms with E-state index in [9.17, 15) is 4.39 Å². The number of halogens is 1. The van der Waals surface area contributed by atoms with Gasteiger partial charge >= 0.3 is 0 Å². The van der Waals surface area contributed by atoms with Crippen molar-refractivity contribution in [2.24, 2.45) is 4.99 Å². The third-order valence-corrected chi connectivity index (χ3v) is 4.35. The van der Waals surface area contributed by atoms with Crippen LogP contribution in [0.2, 0.25) is 0 Å². The van der Waals surface area contributed by atoms with E-state index in [4.69, 9.17) is 0 Å². The summed E-state index contributed by atoms with van der Waals surface area (Å²) in [6.07, 6.45) is 2.63. The van der Waals surface area contributed by atoms with Gasteiger partial charge in [0.05, 0.1) is 18.4 Å². The number of H-pyrrole nitrogens is 1. The molecule has 0 aliphatic carbocycles. The van der Waals surface area contributed by atoms with Crippen LogP contribution in [0.25, 0.3) is 11.3 Å². The molecule has 5 nitrogen and oxygen atoms in total. The summed E-state index contributed by atoms with van der Waals surface area (Å²) in [5, 5.41) is 6.52. The summed E-state index contributed by atoms with van der Waals surface area (Å²) in [7, 11) is 1.73. The Morgan fingerprint density at radius 3 is 2.70 bits per heavy atom. The van der Waals surface area contributed by atoms with Crippen LogP contribution in [-0.2, 0) is 13.0 Å². The van der Waals surface area contributed by atoms with Crippen molar-refractivity contribution in [3.8, 4) is 11.3 Å². The monoisotopic (exact) mass is 365 g/mol. The number of guanidine groups is 1. The van der Waals surface area contributed by atoms with Gasteiger partial charge in [-0.2, -0.15) is 0 Å². The second-order valence-electron chi connectivity index (χ2n) is 6.28. The first-order chi connectivity index (χ1) is 13.2. The number of aromatic amines is 1. The van der Waals surface area contributed by atoms with Crippen molar-refractivity contribution in [3.05, 3.63) is 77.5 Å². The Labute approximate surface area is 158 Å². The van der Waals surface area contributed by atoms with Crippen molar-refractivity contribution < 1.29 is 4.39 Å². The largest absolute Gasteiger partial charge is 0.356 e. The van der Waals surface area contributed by atoms with E-state index in [0.717, 1.165) is 34.6 Å². The summed E-state index contributed by atoms with van der Waals surface area (Å²) in [5.74, 6) is 1.34. The lowest BCUT2D eigenvalue weighted by Crippen LogP contribution is -2.38. The minimum atomic E-state index is -0.199. The van der Waals surface area contributed by atoms with Gasteiger partial charge in [-0.05, 0) is 42.2 Å². The molecule has 0 spiro atoms. The second-order valence-corrected chi connectivity index (χ2v) is 6.28. The highest BCUT2D eigenvalue weighted by Gasteiger charge is 2.05. The first kappa shape index (κ1) is 18.6. The Hall–Kier alpha value is -3.15. The second kappa shape index (κ2) is 8.98. The standard InChI is InChI=1S/C21H24FN5/c1-15-12-18(22)9-8-16(15)10-11-24-21(23-2)26-14-20-25-13-19(27-20)17-6-4-3-5-7-17/h3-9,12-13H,10-11,14H2,1-2H3,(H,25,27)(H2,23,24,26). The molecule has 3 N–H and O–H groups in total. The van der Waals surface area contributed by atoms with Crippen molar-refractivity contribution in [1.82, 2.24) is 20.6 Å². The zero-order valence-corrected chi connectivity index (χ0v) is 15.6. The predicted molar refractivity (Wildman–Crippen MR) is 107 cm³/mol. The zero-order chi connectivity index (χ0) is 19.1. The molecule has 0 fully saturated rings. The lowest BCUT2D eigenvalue weighted by atomic mass is 10.1. The molecule has 1 aromatic heterocycles. The van der Waals surface area contributed by atoms with Crippen LogP contribution in [0.1, 0.15) is 17.0 Å². The third-order valence-electron chi connectivity index (χ3n) is 4.35. The first-order valence-corrected chi connectivity index (χ1v) is 8.94. The van der Waals surface area contributed by atoms with Crippen LogP contribution in [0.5, 0.6) is 0 Å². The summed E-state index contributed by atoms with van der Waals surface area (Å²) >= 11 is 0. The number of imidazole rings is 1. The molecule has 0 saturated heterocycles. The van der Waals surface area contributed by atoms with E-state index in [1.165, 1.54) is 6.07 Å². The average molecular weight is 365 g/mol. The average Bonchev–Trinajstić information content (AvgIpc) is 3.16. The molecule has 3 aromatic rings. The van der Waals surface area contributed by atoms with Crippen molar-refractivity contribution in [2.75, 3.05) is 13.6 Å². The van der Waals surface area contributed by atoms with E-state index in [1.54, 1.807) is 13.1 Å². The number of nitrogens with one attached hydrogen (secondary N) is 3. The van der Waals surface area contributed by atoms with Gasteiger partial charge in [-0.1, -0.05) is 36.4 Å². The number of hydrogen-bond donors (Lipinski definition) is 3. The van der Waals surface area contributed by atoms with Gasteiger partial charge in [-0.3, -0.25) is 4.99 Å². The summed E-state index contributed by atoms with van der Waals surface area (Å²) in [5.41, 5.74) is 4.18. The molecule has 0 radical (unpaired) electrons. The Kier molecular flexibility index (Phi) is 6.20. The molecule has 0 atom stereocenters. The smallest absolute Gasteiger partial charge is 0.191 e. The van der Waals surface area contributed by atoms with E-state index in [-0.39, 0.29) is 5.82 Å². The van der Waals surface area contributed by atoms with Gasteiger partial charge in [0, 0.05) is 13.6 Å². The van der Waals surface area contributed by atoms with Crippen LogP contribution >= 0.6 is 0 Å². The fourth-order valence-corrected chi connectivity index (χ4v) is 2.86. The van der Waals surface area contributed by atoms with Crippen LogP contribution in [-0.4, -0.2) is 29.5 Å². The van der Waals surface area contributed by atoms with Gasteiger partial charge in [0.15, 0.2) is 5.96 Å². The number of hydrogen-bond acceptors (Lipinski definition) is 2. The highest BCUT2D eigenvalue weighted by atomic mass is 19.1. The fraction of sp³-hybridized carbons (Fsp3) is 0.238. The highest BCUT2D eigenvalue weighted by Crippen LogP contribution is 2.15. The van der Waals surface area contributed by atoms with Crippen molar-refractivity contribution in [2.45, 2.75) is 19.9 Å². The van der Waals surface area contributed by atoms with Gasteiger partial charge < -0.3 is 15.6 Å². The maximum Gasteiger partial charge on any atom is 0.191 e. The molecule has 0 aliphatic rings. The number of aromatic nitrogens is 2. The quantitative estimate of drug-likeness (QED) is 0.463. The Morgan fingerprint density at radius 1 is 1.15 bits per heavy atom. The Balaban J connectivity index is 1.49. The first-order valence-electron chi connectivity index (χ1n) is 8.94. The van der Waals surface area contributed by atoms with Crippen molar-refractivity contribution >= 4 is 5.96 Å². The van der Waals surface area contributed by atoms with Gasteiger partial charge in [0.2, 0.25) is 0 Å². The number of benzene rings is 2. The summed E-state index contributed by atoms with van der Waals surface area (Å²) in [4.78, 5) is 12.0. The lowest BCUT2D eigenvalue weighted by molar-refractivity contribution is 0.625. The maximum atomic E-state index is 13.2. The maximum absolute atomic E-state index is 13.2. The third kappa shape index (κ3) is 5.17. The van der Waals surface area contributed by atoms with Crippen LogP contribution in [0, 0.1) is 12.7 Å². The van der Waals surface area contributed by atoms with Gasteiger partial charge in [0.1, 0.15) is 11.6 Å². The lowest BCUT2D eigenvalue weighted by Gasteiger charge is -2.12. The molecule has 2 aromatic carbocycles. The van der Waals surface area contributed by atoms with Crippen LogP contribution in [0.4, 0.5) is 4.39 Å². The van der Waals surface area contributed by atoms with Crippen molar-refractivity contribution in [1.29, 1.82) is 0 Å². The summed E-state index contributed by atoms with van der Waals surface area (Å²) < 4.78 is 13.2. The minimum Gasteiger partial charge on any atom is -0.356 e. The Bertz CT molecular complexity index is 902. The predicted octanol–water partition coefficient (Wildman–Crippen LogP) is 3.43. The highest BCUT2D eigenvalue weighted by molar-refractivity contribution is 5.79. The molecular formula is C21H24FN5. The number of aliphatic imine (C=N–C) groups is 1. The number of aryl methyl sites for hydroxylation is 1. The molecule has 1 heterocycles. The van der Waals surface area contributed by atoms with E-state index in [2.05, 4.69) is 25.6 Å². The van der Waals surface area contributed by atoms with Gasteiger partial charge in [-0.15, -0.1) is 0 Å². The van der Waals surface area contributed by atoms with Gasteiger partial charge in [-0.25, -0.2) is 9.37 Å². The molecule has 0 unspecified atom stereocenters. The van der Waals surface area contributed by atoms with E-state index in [1.807, 2.05) is 49.5 Å². The molecule has 3 rings (SSSR count). The molecule has 6 heteroatoms. The fourth-order valence-electron chi connectivity index (χ4n) is 2.86. The normalized spacial score (nSPS) is 11.4. The number of rotatable bonds is 6. The SMILES string of the molecule is CN=C(NCCc1ccc(F)cc1C)NCc1ncc(-c2ccccc2)[nH]1. The van der Waals surface area contributed by atoms with E-state index in [0.29, 0.717) is 19.0 Å². The van der Waals surface area contributed by atoms with Gasteiger partial charge in [0.25, 0.3) is 0 Å². The topological polar surface area (TPSA) is 65.1 Å². The Morgan fingerprint density at radius 2 is 1.96 bits per heavy atom. The van der Waals surface area contributed by atoms with E-state index < -0.39 is 0 Å². The number of nitrogens with zero attached hydrogens (tertiary/aromatic N) is 2. The molecule has 140 valence electrons. The zero-order valence-electron chi connectivity index (χ0n) is 15.6. The van der Waals surface area contributed by atoms with Crippen molar-refractivity contribution in [3.63, 3.8) is 0 Å². The molecule has 0 saturated carbocycles. The molecule has 0 bridgehead atoms. The van der Waals surface area contributed by atoms with Crippen LogP contribution in [0.3, 0.4) is 0 Å². The summed E-state index contributed by atoms with van der Waals surface area (Å²) in [6, 6.07) is 15.0. The molecular weight excluding hydrogens is 341 g/mol. The minimum absolute atomic E-state index is 0.199. The molecule has 0 amide bonds. The van der Waals surface area contributed by atoms with Crippen LogP contribution < -0.4 is 10.6 Å². The van der Waals surface area contributed by atoms with Crippen LogP contribution in [0.15, 0.2) is 59.7 Å². The van der Waals surface area contributed by atoms with E-state index >= 15 is 0 Å². The molecule has 0 aliphatic heterocycles.